The van der Waals surface area contributed by atoms with Gasteiger partial charge in [-0.3, -0.25) is 5.10 Å². The van der Waals surface area contributed by atoms with E-state index < -0.39 is 21.1 Å². The molecule has 6 nitrogen and oxygen atoms in total. The Hall–Kier alpha value is -2.24. The molecule has 1 aromatic heterocycles. The Morgan fingerprint density at radius 3 is 2.59 bits per heavy atom. The summed E-state index contributed by atoms with van der Waals surface area (Å²) in [6.07, 6.45) is 3.28. The van der Waals surface area contributed by atoms with Crippen molar-refractivity contribution in [3.8, 4) is 17.3 Å². The van der Waals surface area contributed by atoms with Gasteiger partial charge in [0.05, 0.1) is 16.5 Å². The molecule has 2 aromatic rings. The highest BCUT2D eigenvalue weighted by Gasteiger charge is 2.28. The molecule has 1 fully saturated rings. The lowest BCUT2D eigenvalue weighted by Gasteiger charge is -2.28. The first-order valence-electron chi connectivity index (χ1n) is 9.06. The summed E-state index contributed by atoms with van der Waals surface area (Å²) >= 11 is 0. The molecular formula is C19H23FN4O2S. The van der Waals surface area contributed by atoms with Gasteiger partial charge < -0.3 is 0 Å². The minimum Gasteiger partial charge on any atom is -0.282 e. The van der Waals surface area contributed by atoms with E-state index in [1.807, 2.05) is 12.1 Å². The zero-order valence-corrected chi connectivity index (χ0v) is 16.2. The van der Waals surface area contributed by atoms with Crippen LogP contribution in [0.25, 0.3) is 11.3 Å². The fourth-order valence-corrected chi connectivity index (χ4v) is 4.33. The lowest BCUT2D eigenvalue weighted by Crippen LogP contribution is -2.40. The van der Waals surface area contributed by atoms with Gasteiger partial charge in [-0.25, -0.2) is 17.5 Å². The Kier molecular flexibility index (Phi) is 5.63. The summed E-state index contributed by atoms with van der Waals surface area (Å²) in [5, 5.41) is 15.9. The molecule has 1 aliphatic rings. The number of hydrogen-bond acceptors (Lipinski definition) is 4. The normalized spacial score (nSPS) is 20.6. The summed E-state index contributed by atoms with van der Waals surface area (Å²) < 4.78 is 40.3. The number of hydrogen-bond donors (Lipinski definition) is 2. The van der Waals surface area contributed by atoms with Gasteiger partial charge in [0.15, 0.2) is 0 Å². The summed E-state index contributed by atoms with van der Waals surface area (Å²) in [6.45, 7) is 3.35. The van der Waals surface area contributed by atoms with Crippen molar-refractivity contribution >= 4 is 10.0 Å². The lowest BCUT2D eigenvalue weighted by atomic mass is 9.84. The Bertz CT molecular complexity index is 954. The Morgan fingerprint density at radius 2 is 1.96 bits per heavy atom. The Morgan fingerprint density at radius 1 is 1.26 bits per heavy atom. The number of benzene rings is 1. The molecule has 8 heteroatoms. The Labute approximate surface area is 158 Å². The molecule has 0 bridgehead atoms. The van der Waals surface area contributed by atoms with E-state index in [-0.39, 0.29) is 17.5 Å². The molecule has 0 unspecified atom stereocenters. The van der Waals surface area contributed by atoms with Crippen molar-refractivity contribution in [2.24, 2.45) is 0 Å². The lowest BCUT2D eigenvalue weighted by molar-refractivity contribution is 0.369. The molecule has 1 aliphatic carbocycles. The molecular weight excluding hydrogens is 367 g/mol. The van der Waals surface area contributed by atoms with Crippen LogP contribution in [0.1, 0.15) is 56.7 Å². The highest BCUT2D eigenvalue weighted by atomic mass is 32.2. The second-order valence-corrected chi connectivity index (χ2v) is 9.54. The van der Waals surface area contributed by atoms with E-state index in [2.05, 4.69) is 14.9 Å². The van der Waals surface area contributed by atoms with Crippen LogP contribution in [0.15, 0.2) is 24.3 Å². The van der Waals surface area contributed by atoms with Crippen LogP contribution in [0.4, 0.5) is 4.39 Å². The fraction of sp³-hybridized carbons (Fsp3) is 0.474. The van der Waals surface area contributed by atoms with E-state index in [0.29, 0.717) is 11.3 Å². The van der Waals surface area contributed by atoms with Gasteiger partial charge in [0.2, 0.25) is 10.0 Å². The molecule has 0 amide bonds. The van der Waals surface area contributed by atoms with Gasteiger partial charge in [-0.15, -0.1) is 0 Å². The molecule has 3 rings (SSSR count). The average molecular weight is 390 g/mol. The molecule has 0 atom stereocenters. The third-order valence-electron chi connectivity index (χ3n) is 5.10. The monoisotopic (exact) mass is 390 g/mol. The number of nitrogens with one attached hydrogen (secondary N) is 2. The second kappa shape index (κ2) is 7.79. The number of H-pyrrole nitrogens is 1. The quantitative estimate of drug-likeness (QED) is 0.817. The van der Waals surface area contributed by atoms with Crippen LogP contribution in [0, 0.1) is 17.1 Å². The van der Waals surface area contributed by atoms with Crippen LogP contribution in [-0.4, -0.2) is 29.9 Å². The highest BCUT2D eigenvalue weighted by molar-refractivity contribution is 7.90. The van der Waals surface area contributed by atoms with E-state index in [9.17, 15) is 12.8 Å². The molecule has 0 aliphatic heterocycles. The minimum atomic E-state index is -3.25. The predicted octanol–water partition coefficient (Wildman–Crippen LogP) is 3.44. The van der Waals surface area contributed by atoms with Gasteiger partial charge >= 0.3 is 0 Å². The van der Waals surface area contributed by atoms with Crippen LogP contribution in [0.3, 0.4) is 0 Å². The van der Waals surface area contributed by atoms with Crippen LogP contribution in [0.5, 0.6) is 0 Å². The maximum absolute atomic E-state index is 13.5. The smallest absolute Gasteiger partial charge is 0.214 e. The molecule has 0 spiro atoms. The summed E-state index contributed by atoms with van der Waals surface area (Å²) in [6, 6.07) is 8.11. The SMILES string of the molecule is CC(C)S(=O)(=O)N[C@H]1CC[C@H](c2cc(-c3ccc(F)c(C#N)c3)n[nH]2)CC1. The summed E-state index contributed by atoms with van der Waals surface area (Å²) in [5.41, 5.74) is 2.34. The number of halogens is 1. The first kappa shape index (κ1) is 19.5. The average Bonchev–Trinajstić information content (AvgIpc) is 3.12. The van der Waals surface area contributed by atoms with Crippen LogP contribution >= 0.6 is 0 Å². The van der Waals surface area contributed by atoms with Crippen LogP contribution < -0.4 is 4.72 Å². The van der Waals surface area contributed by atoms with E-state index in [0.717, 1.165) is 31.4 Å². The van der Waals surface area contributed by atoms with E-state index >= 15 is 0 Å². The zero-order valence-electron chi connectivity index (χ0n) is 15.4. The molecule has 1 aromatic carbocycles. The molecule has 1 saturated carbocycles. The first-order valence-corrected chi connectivity index (χ1v) is 10.6. The summed E-state index contributed by atoms with van der Waals surface area (Å²) in [5.74, 6) is -0.263. The second-order valence-electron chi connectivity index (χ2n) is 7.28. The van der Waals surface area contributed by atoms with Crippen LogP contribution in [-0.2, 0) is 10.0 Å². The van der Waals surface area contributed by atoms with Crippen molar-refractivity contribution in [2.45, 2.75) is 56.7 Å². The van der Waals surface area contributed by atoms with Gasteiger partial charge in [0.1, 0.15) is 11.9 Å². The fourth-order valence-electron chi connectivity index (χ4n) is 3.35. The van der Waals surface area contributed by atoms with Gasteiger partial charge in [0.25, 0.3) is 0 Å². The third-order valence-corrected chi connectivity index (χ3v) is 7.00. The van der Waals surface area contributed by atoms with E-state index in [4.69, 9.17) is 5.26 Å². The number of aromatic nitrogens is 2. The van der Waals surface area contributed by atoms with Gasteiger partial charge in [-0.2, -0.15) is 10.4 Å². The standard InChI is InChI=1S/C19H23FN4O2S/c1-12(2)27(25,26)24-16-6-3-13(4-7-16)18-10-19(23-22-18)14-5-8-17(20)15(9-14)11-21/h5,8-10,12-13,16,24H,3-4,6-7H2,1-2H3,(H,22,23)/t13-,16-. The molecule has 0 saturated heterocycles. The molecule has 144 valence electrons. The molecule has 1 heterocycles. The van der Waals surface area contributed by atoms with Crippen molar-refractivity contribution in [3.05, 3.63) is 41.3 Å². The Balaban J connectivity index is 1.66. The van der Waals surface area contributed by atoms with Crippen molar-refractivity contribution in [3.63, 3.8) is 0 Å². The summed E-state index contributed by atoms with van der Waals surface area (Å²) in [4.78, 5) is 0. The number of sulfonamides is 1. The largest absolute Gasteiger partial charge is 0.282 e. The van der Waals surface area contributed by atoms with Gasteiger partial charge in [-0.1, -0.05) is 0 Å². The maximum atomic E-state index is 13.5. The minimum absolute atomic E-state index is 0.00463. The zero-order chi connectivity index (χ0) is 19.6. The highest BCUT2D eigenvalue weighted by Crippen LogP contribution is 2.34. The number of rotatable bonds is 5. The third kappa shape index (κ3) is 4.37. The molecule has 2 N–H and O–H groups in total. The van der Waals surface area contributed by atoms with Crippen molar-refractivity contribution in [1.82, 2.24) is 14.9 Å². The summed E-state index contributed by atoms with van der Waals surface area (Å²) in [7, 11) is -3.25. The van der Waals surface area contributed by atoms with Gasteiger partial charge in [-0.05, 0) is 63.8 Å². The van der Waals surface area contributed by atoms with E-state index in [1.165, 1.54) is 12.1 Å². The van der Waals surface area contributed by atoms with Crippen molar-refractivity contribution in [2.75, 3.05) is 0 Å². The first-order chi connectivity index (χ1) is 12.8. The maximum Gasteiger partial charge on any atom is 0.214 e. The number of aromatic amines is 1. The van der Waals surface area contributed by atoms with Crippen molar-refractivity contribution < 1.29 is 12.8 Å². The van der Waals surface area contributed by atoms with Crippen LogP contribution in [0.2, 0.25) is 0 Å². The predicted molar refractivity (Wildman–Crippen MR) is 101 cm³/mol. The molecule has 0 radical (unpaired) electrons. The van der Waals surface area contributed by atoms with E-state index in [1.54, 1.807) is 19.9 Å². The van der Waals surface area contributed by atoms with Gasteiger partial charge in [0, 0.05) is 23.2 Å². The number of nitrogens with zero attached hydrogens (tertiary/aromatic N) is 2. The topological polar surface area (TPSA) is 98.6 Å². The molecule has 27 heavy (non-hydrogen) atoms. The number of nitriles is 1. The van der Waals surface area contributed by atoms with Crippen molar-refractivity contribution in [1.29, 1.82) is 5.26 Å².